The summed E-state index contributed by atoms with van der Waals surface area (Å²) in [5.41, 5.74) is 3.47. The highest BCUT2D eigenvalue weighted by atomic mass is 32.1. The Kier molecular flexibility index (Phi) is 6.79. The zero-order valence-electron chi connectivity index (χ0n) is 19.2. The number of hydrogen-bond donors (Lipinski definition) is 1. The first-order valence-electron chi connectivity index (χ1n) is 10.8. The summed E-state index contributed by atoms with van der Waals surface area (Å²) >= 11 is 1.52. The fraction of sp³-hybridized carbons (Fsp3) is 0.192. The molecule has 0 bridgehead atoms. The molecule has 0 aliphatic rings. The van der Waals surface area contributed by atoms with Crippen molar-refractivity contribution in [3.8, 4) is 10.6 Å². The minimum absolute atomic E-state index is 0.183. The molecule has 2 aromatic carbocycles. The van der Waals surface area contributed by atoms with Crippen LogP contribution in [-0.4, -0.2) is 33.0 Å². The molecule has 1 amide bonds. The van der Waals surface area contributed by atoms with Gasteiger partial charge < -0.3 is 5.32 Å². The second-order valence-electron chi connectivity index (χ2n) is 7.92. The van der Waals surface area contributed by atoms with Crippen LogP contribution in [0.3, 0.4) is 0 Å². The molecule has 0 spiro atoms. The van der Waals surface area contributed by atoms with Crippen LogP contribution in [0.4, 0.5) is 0 Å². The van der Waals surface area contributed by atoms with Crippen LogP contribution in [0.2, 0.25) is 0 Å². The van der Waals surface area contributed by atoms with Crippen molar-refractivity contribution < 1.29 is 9.59 Å². The van der Waals surface area contributed by atoms with Gasteiger partial charge in [0.15, 0.2) is 5.78 Å². The smallest absolute Gasteiger partial charge is 0.266 e. The van der Waals surface area contributed by atoms with Gasteiger partial charge in [-0.3, -0.25) is 14.4 Å². The standard InChI is InChI=1S/C26H24N4O3S/c1-16-8-10-19(11-9-16)24(32)20-6-4-5-7-21(20)26(33)27-14-15-30-23(31)13-12-22(29-30)25-17(2)28-18(3)34-25/h4-13H,14-15H2,1-3H3,(H,27,33). The van der Waals surface area contributed by atoms with E-state index in [-0.39, 0.29) is 35.9 Å². The molecule has 1 N–H and O–H groups in total. The molecule has 0 radical (unpaired) electrons. The summed E-state index contributed by atoms with van der Waals surface area (Å²) in [6.45, 7) is 6.16. The van der Waals surface area contributed by atoms with E-state index in [1.165, 1.54) is 22.1 Å². The van der Waals surface area contributed by atoms with Crippen molar-refractivity contribution in [1.82, 2.24) is 20.1 Å². The Labute approximate surface area is 201 Å². The van der Waals surface area contributed by atoms with Crippen LogP contribution in [0.1, 0.15) is 42.5 Å². The number of thiazole rings is 1. The van der Waals surface area contributed by atoms with Gasteiger partial charge in [0.1, 0.15) is 5.69 Å². The van der Waals surface area contributed by atoms with E-state index in [9.17, 15) is 14.4 Å². The molecule has 0 fully saturated rings. The number of rotatable bonds is 7. The molecule has 34 heavy (non-hydrogen) atoms. The van der Waals surface area contributed by atoms with Crippen LogP contribution in [-0.2, 0) is 6.54 Å². The predicted octanol–water partition coefficient (Wildman–Crippen LogP) is 3.95. The summed E-state index contributed by atoms with van der Waals surface area (Å²) in [5.74, 6) is -0.597. The Morgan fingerprint density at radius 2 is 1.65 bits per heavy atom. The van der Waals surface area contributed by atoms with Crippen LogP contribution in [0, 0.1) is 20.8 Å². The molecule has 8 heteroatoms. The minimum Gasteiger partial charge on any atom is -0.350 e. The molecular formula is C26H24N4O3S. The first-order valence-corrected chi connectivity index (χ1v) is 11.7. The third-order valence-electron chi connectivity index (χ3n) is 5.34. The molecule has 0 aliphatic heterocycles. The number of ketones is 1. The molecule has 2 heterocycles. The van der Waals surface area contributed by atoms with Crippen molar-refractivity contribution in [1.29, 1.82) is 0 Å². The highest BCUT2D eigenvalue weighted by Gasteiger charge is 2.18. The summed E-state index contributed by atoms with van der Waals surface area (Å²) < 4.78 is 1.33. The van der Waals surface area contributed by atoms with Gasteiger partial charge in [-0.2, -0.15) is 5.10 Å². The fourth-order valence-corrected chi connectivity index (χ4v) is 4.49. The van der Waals surface area contributed by atoms with E-state index in [4.69, 9.17) is 0 Å². The van der Waals surface area contributed by atoms with Crippen molar-refractivity contribution >= 4 is 23.0 Å². The quantitative estimate of drug-likeness (QED) is 0.411. The summed E-state index contributed by atoms with van der Waals surface area (Å²) in [4.78, 5) is 43.5. The van der Waals surface area contributed by atoms with Gasteiger partial charge in [-0.05, 0) is 32.9 Å². The number of nitrogens with zero attached hydrogens (tertiary/aromatic N) is 3. The molecule has 172 valence electrons. The van der Waals surface area contributed by atoms with Crippen molar-refractivity contribution in [2.75, 3.05) is 6.54 Å². The van der Waals surface area contributed by atoms with Crippen LogP contribution < -0.4 is 10.9 Å². The molecule has 4 rings (SSSR count). The molecule has 0 saturated heterocycles. The number of amides is 1. The van der Waals surface area contributed by atoms with E-state index < -0.39 is 0 Å². The first-order chi connectivity index (χ1) is 16.3. The fourth-order valence-electron chi connectivity index (χ4n) is 3.61. The number of hydrogen-bond acceptors (Lipinski definition) is 6. The lowest BCUT2D eigenvalue weighted by molar-refractivity contribution is 0.0940. The number of nitrogens with one attached hydrogen (secondary N) is 1. The molecule has 0 aliphatic carbocycles. The van der Waals surface area contributed by atoms with Gasteiger partial charge in [0.2, 0.25) is 0 Å². The summed E-state index contributed by atoms with van der Waals surface area (Å²) in [7, 11) is 0. The number of aromatic nitrogens is 3. The van der Waals surface area contributed by atoms with Gasteiger partial charge in [0, 0.05) is 23.7 Å². The molecule has 2 aromatic heterocycles. The van der Waals surface area contributed by atoms with Crippen LogP contribution in [0.5, 0.6) is 0 Å². The largest absolute Gasteiger partial charge is 0.350 e. The number of carbonyl (C=O) groups is 2. The van der Waals surface area contributed by atoms with Crippen molar-refractivity contribution in [3.63, 3.8) is 0 Å². The zero-order valence-corrected chi connectivity index (χ0v) is 20.0. The third-order valence-corrected chi connectivity index (χ3v) is 6.44. The Bertz CT molecular complexity index is 1420. The lowest BCUT2D eigenvalue weighted by Gasteiger charge is -2.11. The predicted molar refractivity (Wildman–Crippen MR) is 132 cm³/mol. The number of aryl methyl sites for hydroxylation is 3. The van der Waals surface area contributed by atoms with Crippen LogP contribution in [0.25, 0.3) is 10.6 Å². The maximum Gasteiger partial charge on any atom is 0.266 e. The molecule has 0 saturated carbocycles. The topological polar surface area (TPSA) is 93.9 Å². The van der Waals surface area contributed by atoms with Gasteiger partial charge in [-0.25, -0.2) is 9.67 Å². The van der Waals surface area contributed by atoms with Gasteiger partial charge in [0.05, 0.1) is 27.7 Å². The lowest BCUT2D eigenvalue weighted by atomic mass is 9.97. The van der Waals surface area contributed by atoms with E-state index in [0.29, 0.717) is 16.8 Å². The molecule has 0 unspecified atom stereocenters. The van der Waals surface area contributed by atoms with Crippen LogP contribution >= 0.6 is 11.3 Å². The van der Waals surface area contributed by atoms with E-state index in [1.807, 2.05) is 32.9 Å². The van der Waals surface area contributed by atoms with Gasteiger partial charge in [-0.15, -0.1) is 11.3 Å². The second-order valence-corrected chi connectivity index (χ2v) is 9.13. The van der Waals surface area contributed by atoms with E-state index in [0.717, 1.165) is 21.1 Å². The highest BCUT2D eigenvalue weighted by Crippen LogP contribution is 2.27. The van der Waals surface area contributed by atoms with Crippen molar-refractivity contribution in [3.05, 3.63) is 104 Å². The third kappa shape index (κ3) is 5.02. The molecule has 0 atom stereocenters. The Morgan fingerprint density at radius 1 is 0.941 bits per heavy atom. The lowest BCUT2D eigenvalue weighted by Crippen LogP contribution is -2.32. The van der Waals surface area contributed by atoms with Crippen LogP contribution in [0.15, 0.2) is 65.5 Å². The minimum atomic E-state index is -0.380. The normalized spacial score (nSPS) is 10.8. The van der Waals surface area contributed by atoms with Gasteiger partial charge in [-0.1, -0.05) is 48.0 Å². The molecular weight excluding hydrogens is 448 g/mol. The summed E-state index contributed by atoms with van der Waals surface area (Å²) in [6, 6.07) is 17.1. The van der Waals surface area contributed by atoms with Crippen molar-refractivity contribution in [2.45, 2.75) is 27.3 Å². The SMILES string of the molecule is Cc1ccc(C(=O)c2ccccc2C(=O)NCCn2nc(-c3sc(C)nc3C)ccc2=O)cc1. The number of carbonyl (C=O) groups excluding carboxylic acids is 2. The zero-order chi connectivity index (χ0) is 24.2. The summed E-state index contributed by atoms with van der Waals surface area (Å²) in [6.07, 6.45) is 0. The Morgan fingerprint density at radius 3 is 2.32 bits per heavy atom. The molecule has 7 nitrogen and oxygen atoms in total. The number of benzene rings is 2. The Hall–Kier alpha value is -3.91. The van der Waals surface area contributed by atoms with E-state index >= 15 is 0 Å². The summed E-state index contributed by atoms with van der Waals surface area (Å²) in [5, 5.41) is 8.18. The van der Waals surface area contributed by atoms with Gasteiger partial charge in [0.25, 0.3) is 11.5 Å². The average molecular weight is 473 g/mol. The Balaban J connectivity index is 1.48. The maximum absolute atomic E-state index is 13.0. The second kappa shape index (κ2) is 9.93. The monoisotopic (exact) mass is 472 g/mol. The van der Waals surface area contributed by atoms with Gasteiger partial charge >= 0.3 is 0 Å². The van der Waals surface area contributed by atoms with Crippen molar-refractivity contribution in [2.24, 2.45) is 0 Å². The maximum atomic E-state index is 13.0. The van der Waals surface area contributed by atoms with E-state index in [2.05, 4.69) is 15.4 Å². The highest BCUT2D eigenvalue weighted by molar-refractivity contribution is 7.15. The van der Waals surface area contributed by atoms with E-state index in [1.54, 1.807) is 42.5 Å². The average Bonchev–Trinajstić information content (AvgIpc) is 3.18. The first kappa shape index (κ1) is 23.3. The molecule has 4 aromatic rings.